The van der Waals surface area contributed by atoms with Gasteiger partial charge in [-0.3, -0.25) is 9.59 Å². The number of fused-ring (bicyclic) bond motifs is 1. The summed E-state index contributed by atoms with van der Waals surface area (Å²) < 4.78 is 37.4. The van der Waals surface area contributed by atoms with Crippen LogP contribution in [-0.4, -0.2) is 25.1 Å². The summed E-state index contributed by atoms with van der Waals surface area (Å²) in [7, 11) is 1.59. The number of halogens is 2. The molecule has 0 radical (unpaired) electrons. The highest BCUT2D eigenvalue weighted by Gasteiger charge is 2.24. The van der Waals surface area contributed by atoms with Crippen molar-refractivity contribution in [3.63, 3.8) is 0 Å². The molecule has 0 aliphatic rings. The summed E-state index contributed by atoms with van der Waals surface area (Å²) in [5.74, 6) is -2.74. The van der Waals surface area contributed by atoms with Crippen LogP contribution in [0, 0.1) is 11.6 Å². The number of rotatable bonds is 6. The van der Waals surface area contributed by atoms with Gasteiger partial charge in [0, 0.05) is 6.07 Å². The number of ether oxygens (including phenoxy) is 2. The van der Waals surface area contributed by atoms with Crippen LogP contribution in [0.3, 0.4) is 0 Å². The molecule has 0 aliphatic carbocycles. The molecule has 5 nitrogen and oxygen atoms in total. The molecule has 1 amide bonds. The van der Waals surface area contributed by atoms with Crippen molar-refractivity contribution in [2.24, 2.45) is 0 Å². The molecule has 0 saturated heterocycles. The number of carbonyl (C=O) groups excluding carboxylic acids is 2. The van der Waals surface area contributed by atoms with E-state index in [4.69, 9.17) is 9.47 Å². The molecule has 0 aromatic heterocycles. The zero-order chi connectivity index (χ0) is 21.8. The number of nitrogens with one attached hydrogen (secondary N) is 1. The van der Waals surface area contributed by atoms with E-state index in [9.17, 15) is 18.4 Å². The van der Waals surface area contributed by atoms with Crippen molar-refractivity contribution in [2.45, 2.75) is 25.9 Å². The predicted octanol–water partition coefficient (Wildman–Crippen LogP) is 4.80. The molecule has 2 atom stereocenters. The highest BCUT2D eigenvalue weighted by atomic mass is 19.1. The van der Waals surface area contributed by atoms with Crippen molar-refractivity contribution < 1.29 is 27.8 Å². The van der Waals surface area contributed by atoms with Crippen molar-refractivity contribution in [1.29, 1.82) is 0 Å². The maximum Gasteiger partial charge on any atom is 0.313 e. The molecule has 30 heavy (non-hydrogen) atoms. The summed E-state index contributed by atoms with van der Waals surface area (Å²) in [6.07, 6.45) is -1.19. The monoisotopic (exact) mass is 413 g/mol. The second kappa shape index (κ2) is 8.90. The van der Waals surface area contributed by atoms with E-state index in [-0.39, 0.29) is 5.69 Å². The normalized spacial score (nSPS) is 12.8. The second-order valence-electron chi connectivity index (χ2n) is 6.89. The third-order valence-electron chi connectivity index (χ3n) is 4.77. The molecular formula is C23H21F2NO4. The molecule has 1 N–H and O–H groups in total. The molecule has 0 bridgehead atoms. The van der Waals surface area contributed by atoms with Crippen molar-refractivity contribution in [3.05, 3.63) is 71.8 Å². The Hall–Kier alpha value is -3.48. The first-order valence-electron chi connectivity index (χ1n) is 9.32. The number of esters is 1. The predicted molar refractivity (Wildman–Crippen MR) is 109 cm³/mol. The van der Waals surface area contributed by atoms with Gasteiger partial charge in [0.05, 0.1) is 18.7 Å². The van der Waals surface area contributed by atoms with Gasteiger partial charge in [0.15, 0.2) is 6.10 Å². The number of methoxy groups -OCH3 is 1. The van der Waals surface area contributed by atoms with Crippen molar-refractivity contribution in [3.8, 4) is 5.75 Å². The largest absolute Gasteiger partial charge is 0.497 e. The summed E-state index contributed by atoms with van der Waals surface area (Å²) in [5.41, 5.74) is 0.405. The Morgan fingerprint density at radius 3 is 2.37 bits per heavy atom. The summed E-state index contributed by atoms with van der Waals surface area (Å²) in [6, 6.07) is 13.9. The SMILES string of the molecule is COc1ccc2cc([C@H](C)C(=O)O[C@@H](C)C(=O)Nc3cc(F)ccc3F)ccc2c1. The molecular weight excluding hydrogens is 392 g/mol. The molecule has 0 saturated carbocycles. The number of hydrogen-bond acceptors (Lipinski definition) is 4. The Balaban J connectivity index is 1.67. The smallest absolute Gasteiger partial charge is 0.313 e. The molecule has 3 rings (SSSR count). The third-order valence-corrected chi connectivity index (χ3v) is 4.77. The number of hydrogen-bond donors (Lipinski definition) is 1. The van der Waals surface area contributed by atoms with Crippen LogP contribution in [0.4, 0.5) is 14.5 Å². The Kier molecular flexibility index (Phi) is 6.30. The Bertz CT molecular complexity index is 1100. The number of anilines is 1. The summed E-state index contributed by atoms with van der Waals surface area (Å²) in [6.45, 7) is 3.04. The Morgan fingerprint density at radius 2 is 1.63 bits per heavy atom. The topological polar surface area (TPSA) is 64.6 Å². The van der Waals surface area contributed by atoms with E-state index in [2.05, 4.69) is 5.32 Å². The maximum atomic E-state index is 13.7. The summed E-state index contributed by atoms with van der Waals surface area (Å²) in [5, 5.41) is 4.12. The first-order valence-corrected chi connectivity index (χ1v) is 9.32. The van der Waals surface area contributed by atoms with E-state index >= 15 is 0 Å². The van der Waals surface area contributed by atoms with Crippen molar-refractivity contribution >= 4 is 28.3 Å². The van der Waals surface area contributed by atoms with E-state index in [1.54, 1.807) is 20.1 Å². The molecule has 0 fully saturated rings. The van der Waals surface area contributed by atoms with E-state index in [1.807, 2.05) is 30.3 Å². The van der Waals surface area contributed by atoms with E-state index < -0.39 is 35.5 Å². The van der Waals surface area contributed by atoms with Gasteiger partial charge in [0.1, 0.15) is 17.4 Å². The molecule has 0 unspecified atom stereocenters. The molecule has 156 valence electrons. The lowest BCUT2D eigenvalue weighted by atomic mass is 9.98. The fourth-order valence-corrected chi connectivity index (χ4v) is 2.93. The van der Waals surface area contributed by atoms with E-state index in [0.717, 1.165) is 40.3 Å². The maximum absolute atomic E-state index is 13.7. The van der Waals surface area contributed by atoms with Crippen LogP contribution < -0.4 is 10.1 Å². The van der Waals surface area contributed by atoms with Gasteiger partial charge in [-0.1, -0.05) is 24.3 Å². The molecule has 0 aliphatic heterocycles. The van der Waals surface area contributed by atoms with Gasteiger partial charge >= 0.3 is 5.97 Å². The summed E-state index contributed by atoms with van der Waals surface area (Å²) in [4.78, 5) is 24.7. The van der Waals surface area contributed by atoms with E-state index in [0.29, 0.717) is 0 Å². The number of benzene rings is 3. The molecule has 3 aromatic carbocycles. The van der Waals surface area contributed by atoms with Crippen LogP contribution in [0.25, 0.3) is 10.8 Å². The van der Waals surface area contributed by atoms with Crippen LogP contribution in [-0.2, 0) is 14.3 Å². The summed E-state index contributed by atoms with van der Waals surface area (Å²) >= 11 is 0. The average Bonchev–Trinajstić information content (AvgIpc) is 2.74. The minimum absolute atomic E-state index is 0.319. The minimum Gasteiger partial charge on any atom is -0.497 e. The van der Waals surface area contributed by atoms with Gasteiger partial charge in [-0.15, -0.1) is 0 Å². The lowest BCUT2D eigenvalue weighted by Crippen LogP contribution is -2.31. The lowest BCUT2D eigenvalue weighted by Gasteiger charge is -2.17. The van der Waals surface area contributed by atoms with Crippen LogP contribution in [0.2, 0.25) is 0 Å². The van der Waals surface area contributed by atoms with Crippen LogP contribution in [0.5, 0.6) is 5.75 Å². The molecule has 7 heteroatoms. The zero-order valence-electron chi connectivity index (χ0n) is 16.7. The van der Waals surface area contributed by atoms with Crippen LogP contribution >= 0.6 is 0 Å². The van der Waals surface area contributed by atoms with Gasteiger partial charge in [0.2, 0.25) is 0 Å². The van der Waals surface area contributed by atoms with Crippen LogP contribution in [0.1, 0.15) is 25.3 Å². The highest BCUT2D eigenvalue weighted by Crippen LogP contribution is 2.26. The minimum atomic E-state index is -1.19. The zero-order valence-corrected chi connectivity index (χ0v) is 16.7. The number of carbonyl (C=O) groups is 2. The fraction of sp³-hybridized carbons (Fsp3) is 0.217. The first kappa shape index (κ1) is 21.2. The van der Waals surface area contributed by atoms with Gasteiger partial charge in [-0.05, 0) is 54.4 Å². The lowest BCUT2D eigenvalue weighted by molar-refractivity contribution is -0.154. The van der Waals surface area contributed by atoms with E-state index in [1.165, 1.54) is 6.92 Å². The van der Waals surface area contributed by atoms with Gasteiger partial charge in [0.25, 0.3) is 5.91 Å². The van der Waals surface area contributed by atoms with Gasteiger partial charge in [-0.25, -0.2) is 8.78 Å². The Morgan fingerprint density at radius 1 is 0.933 bits per heavy atom. The van der Waals surface area contributed by atoms with Crippen molar-refractivity contribution in [2.75, 3.05) is 12.4 Å². The van der Waals surface area contributed by atoms with Crippen LogP contribution in [0.15, 0.2) is 54.6 Å². The molecule has 0 spiro atoms. The molecule has 0 heterocycles. The van der Waals surface area contributed by atoms with Crippen molar-refractivity contribution in [1.82, 2.24) is 0 Å². The fourth-order valence-electron chi connectivity index (χ4n) is 2.93. The standard InChI is InChI=1S/C23H21F2NO4/c1-13(15-4-5-17-11-19(29-3)8-6-16(17)10-15)23(28)30-14(2)22(27)26-21-12-18(24)7-9-20(21)25/h4-14H,1-3H3,(H,26,27)/t13-,14-/m0/s1. The second-order valence-corrected chi connectivity index (χ2v) is 6.89. The first-order chi connectivity index (χ1) is 14.3. The van der Waals surface area contributed by atoms with Gasteiger partial charge in [-0.2, -0.15) is 0 Å². The highest BCUT2D eigenvalue weighted by molar-refractivity contribution is 5.95. The van der Waals surface area contributed by atoms with Gasteiger partial charge < -0.3 is 14.8 Å². The molecule has 3 aromatic rings. The number of amides is 1. The average molecular weight is 413 g/mol. The quantitative estimate of drug-likeness (QED) is 0.590. The third kappa shape index (κ3) is 4.74. The Labute approximate surface area is 172 Å².